The van der Waals surface area contributed by atoms with Gasteiger partial charge in [-0.05, 0) is 17.7 Å². The molecule has 17 heavy (non-hydrogen) atoms. The number of carbonyl (C=O) groups is 1. The second kappa shape index (κ2) is 5.05. The van der Waals surface area contributed by atoms with Crippen molar-refractivity contribution in [3.63, 3.8) is 0 Å². The fraction of sp³-hybridized carbons (Fsp3) is 0.300. The van der Waals surface area contributed by atoms with Gasteiger partial charge in [0.2, 0.25) is 0 Å². The van der Waals surface area contributed by atoms with Gasteiger partial charge in [0.25, 0.3) is 5.91 Å². The number of primary amides is 1. The van der Waals surface area contributed by atoms with Crippen molar-refractivity contribution in [2.75, 3.05) is 6.61 Å². The molecular weight excluding hydrogens is 239 g/mol. The number of benzene rings is 1. The van der Waals surface area contributed by atoms with Crippen molar-refractivity contribution in [1.82, 2.24) is 0 Å². The highest BCUT2D eigenvalue weighted by Crippen LogP contribution is 2.36. The minimum Gasteiger partial charge on any atom is -0.483 e. The van der Waals surface area contributed by atoms with E-state index in [0.717, 1.165) is 12.1 Å². The number of aliphatic hydroxyl groups excluding tert-OH is 1. The first-order valence-corrected chi connectivity index (χ1v) is 4.56. The molecule has 0 spiro atoms. The molecule has 0 fully saturated rings. The second-order valence-electron chi connectivity index (χ2n) is 3.24. The average molecular weight is 249 g/mol. The normalized spacial score (nSPS) is 11.3. The van der Waals surface area contributed by atoms with Crippen LogP contribution >= 0.6 is 0 Å². The molecule has 0 aromatic heterocycles. The Labute approximate surface area is 94.8 Å². The maximum atomic E-state index is 12.6. The third-order valence-electron chi connectivity index (χ3n) is 1.90. The first-order valence-electron chi connectivity index (χ1n) is 4.56. The summed E-state index contributed by atoms with van der Waals surface area (Å²) < 4.78 is 42.5. The molecule has 1 aromatic rings. The molecule has 94 valence electrons. The van der Waals surface area contributed by atoms with Gasteiger partial charge in [-0.1, -0.05) is 6.07 Å². The zero-order valence-electron chi connectivity index (χ0n) is 8.62. The first-order chi connectivity index (χ1) is 7.84. The molecule has 7 heteroatoms. The molecule has 0 aliphatic carbocycles. The van der Waals surface area contributed by atoms with Crippen LogP contribution in [-0.2, 0) is 17.6 Å². The summed E-state index contributed by atoms with van der Waals surface area (Å²) in [5, 5.41) is 8.75. The Hall–Kier alpha value is -1.76. The molecule has 0 saturated heterocycles. The maximum Gasteiger partial charge on any atom is 0.419 e. The zero-order valence-corrected chi connectivity index (χ0v) is 8.62. The highest BCUT2D eigenvalue weighted by atomic mass is 19.4. The Morgan fingerprint density at radius 3 is 2.53 bits per heavy atom. The number of carbonyl (C=O) groups excluding carboxylic acids is 1. The van der Waals surface area contributed by atoms with Gasteiger partial charge >= 0.3 is 6.18 Å². The van der Waals surface area contributed by atoms with Crippen LogP contribution in [0.15, 0.2) is 18.2 Å². The Bertz CT molecular complexity index is 418. The topological polar surface area (TPSA) is 72.6 Å². The van der Waals surface area contributed by atoms with Crippen molar-refractivity contribution >= 4 is 5.91 Å². The van der Waals surface area contributed by atoms with Crippen molar-refractivity contribution in [2.45, 2.75) is 12.8 Å². The maximum absolute atomic E-state index is 12.6. The van der Waals surface area contributed by atoms with Gasteiger partial charge in [0.05, 0.1) is 12.2 Å². The number of ether oxygens (including phenoxy) is 1. The molecule has 4 nitrogen and oxygen atoms in total. The second-order valence-corrected chi connectivity index (χ2v) is 3.24. The fourth-order valence-corrected chi connectivity index (χ4v) is 1.17. The number of hydrogen-bond acceptors (Lipinski definition) is 3. The number of amides is 1. The van der Waals surface area contributed by atoms with E-state index in [-0.39, 0.29) is 5.56 Å². The zero-order chi connectivity index (χ0) is 13.1. The summed E-state index contributed by atoms with van der Waals surface area (Å²) >= 11 is 0. The van der Waals surface area contributed by atoms with Crippen LogP contribution in [0.25, 0.3) is 0 Å². The Morgan fingerprint density at radius 1 is 1.41 bits per heavy atom. The number of nitrogens with two attached hydrogens (primary N) is 1. The smallest absolute Gasteiger partial charge is 0.419 e. The van der Waals surface area contributed by atoms with E-state index in [1.165, 1.54) is 6.07 Å². The van der Waals surface area contributed by atoms with Gasteiger partial charge < -0.3 is 15.6 Å². The van der Waals surface area contributed by atoms with Crippen LogP contribution in [0, 0.1) is 0 Å². The summed E-state index contributed by atoms with van der Waals surface area (Å²) in [7, 11) is 0. The number of rotatable bonds is 4. The van der Waals surface area contributed by atoms with E-state index in [4.69, 9.17) is 10.8 Å². The van der Waals surface area contributed by atoms with Crippen LogP contribution in [0.4, 0.5) is 13.2 Å². The lowest BCUT2D eigenvalue weighted by molar-refractivity contribution is -0.139. The van der Waals surface area contributed by atoms with Gasteiger partial charge in [0, 0.05) is 0 Å². The highest BCUT2D eigenvalue weighted by Gasteiger charge is 2.34. The van der Waals surface area contributed by atoms with Gasteiger partial charge in [0.1, 0.15) is 5.75 Å². The lowest BCUT2D eigenvalue weighted by atomic mass is 10.1. The number of aliphatic hydroxyl groups is 1. The minimum absolute atomic E-state index is 0.101. The Balaban J connectivity index is 3.07. The number of alkyl halides is 3. The summed E-state index contributed by atoms with van der Waals surface area (Å²) in [4.78, 5) is 10.4. The lowest BCUT2D eigenvalue weighted by Crippen LogP contribution is -2.21. The van der Waals surface area contributed by atoms with E-state index in [2.05, 4.69) is 4.74 Å². The predicted molar refractivity (Wildman–Crippen MR) is 52.1 cm³/mol. The summed E-state index contributed by atoms with van der Waals surface area (Å²) in [6.07, 6.45) is -4.63. The number of hydrogen-bond donors (Lipinski definition) is 2. The third kappa shape index (κ3) is 3.63. The van der Waals surface area contributed by atoms with Crippen LogP contribution < -0.4 is 10.5 Å². The molecule has 0 aliphatic heterocycles. The molecule has 1 aromatic carbocycles. The SMILES string of the molecule is NC(=O)COc1ccc(CO)cc1C(F)(F)F. The molecular formula is C10H10F3NO3. The van der Waals surface area contributed by atoms with E-state index in [9.17, 15) is 18.0 Å². The first kappa shape index (κ1) is 13.3. The molecule has 0 heterocycles. The van der Waals surface area contributed by atoms with E-state index in [1.807, 2.05) is 0 Å². The van der Waals surface area contributed by atoms with Gasteiger partial charge in [-0.3, -0.25) is 4.79 Å². The van der Waals surface area contributed by atoms with E-state index in [1.54, 1.807) is 0 Å². The molecule has 0 saturated carbocycles. The van der Waals surface area contributed by atoms with Crippen molar-refractivity contribution < 1.29 is 27.8 Å². The van der Waals surface area contributed by atoms with Gasteiger partial charge in [0.15, 0.2) is 6.61 Å². The lowest BCUT2D eigenvalue weighted by Gasteiger charge is -2.14. The molecule has 0 unspecified atom stereocenters. The highest BCUT2D eigenvalue weighted by molar-refractivity contribution is 5.75. The Kier molecular flexibility index (Phi) is 3.95. The fourth-order valence-electron chi connectivity index (χ4n) is 1.17. The summed E-state index contributed by atoms with van der Waals surface area (Å²) in [5.74, 6) is -1.36. The molecule has 0 radical (unpaired) electrons. The Morgan fingerprint density at radius 2 is 2.06 bits per heavy atom. The van der Waals surface area contributed by atoms with Crippen LogP contribution in [0.1, 0.15) is 11.1 Å². The molecule has 1 amide bonds. The van der Waals surface area contributed by atoms with E-state index < -0.39 is 36.6 Å². The van der Waals surface area contributed by atoms with Crippen LogP contribution in [0.3, 0.4) is 0 Å². The van der Waals surface area contributed by atoms with Crippen molar-refractivity contribution in [3.05, 3.63) is 29.3 Å². The average Bonchev–Trinajstić information content (AvgIpc) is 2.24. The number of halogens is 3. The molecule has 0 bridgehead atoms. The van der Waals surface area contributed by atoms with Gasteiger partial charge in [-0.15, -0.1) is 0 Å². The standard InChI is InChI=1S/C10H10F3NO3/c11-10(12,13)7-3-6(4-15)1-2-8(7)17-5-9(14)16/h1-3,15H,4-5H2,(H2,14,16). The largest absolute Gasteiger partial charge is 0.483 e. The summed E-state index contributed by atoms with van der Waals surface area (Å²) in [6, 6.07) is 3.07. The van der Waals surface area contributed by atoms with Gasteiger partial charge in [-0.25, -0.2) is 0 Å². The molecule has 1 rings (SSSR count). The minimum atomic E-state index is -4.63. The van der Waals surface area contributed by atoms with Crippen molar-refractivity contribution in [3.8, 4) is 5.75 Å². The van der Waals surface area contributed by atoms with Crippen LogP contribution in [-0.4, -0.2) is 17.6 Å². The quantitative estimate of drug-likeness (QED) is 0.838. The molecule has 0 aliphatic rings. The van der Waals surface area contributed by atoms with Crippen LogP contribution in [0.5, 0.6) is 5.75 Å². The predicted octanol–water partition coefficient (Wildman–Crippen LogP) is 1.06. The monoisotopic (exact) mass is 249 g/mol. The molecule has 0 atom stereocenters. The summed E-state index contributed by atoms with van der Waals surface area (Å²) in [5.41, 5.74) is 3.82. The van der Waals surface area contributed by atoms with Crippen molar-refractivity contribution in [1.29, 1.82) is 0 Å². The van der Waals surface area contributed by atoms with E-state index in [0.29, 0.717) is 0 Å². The van der Waals surface area contributed by atoms with Crippen LogP contribution in [0.2, 0.25) is 0 Å². The van der Waals surface area contributed by atoms with E-state index >= 15 is 0 Å². The third-order valence-corrected chi connectivity index (χ3v) is 1.90. The van der Waals surface area contributed by atoms with Gasteiger partial charge in [-0.2, -0.15) is 13.2 Å². The van der Waals surface area contributed by atoms with Crippen molar-refractivity contribution in [2.24, 2.45) is 5.73 Å². The molecule has 3 N–H and O–H groups in total. The summed E-state index contributed by atoms with van der Waals surface area (Å²) in [6.45, 7) is -1.15.